The SMILES string of the molecule is CSCCC(C)NC(=O)c1ccc(F)cc1N. The molecule has 1 unspecified atom stereocenters. The van der Waals surface area contributed by atoms with Crippen molar-refractivity contribution in [3.63, 3.8) is 0 Å². The van der Waals surface area contributed by atoms with Crippen LogP contribution in [-0.4, -0.2) is 24.0 Å². The van der Waals surface area contributed by atoms with Gasteiger partial charge in [0.1, 0.15) is 5.82 Å². The zero-order valence-electron chi connectivity index (χ0n) is 10.00. The predicted octanol–water partition coefficient (Wildman–Crippen LogP) is 2.28. The summed E-state index contributed by atoms with van der Waals surface area (Å²) in [6, 6.07) is 3.88. The Balaban J connectivity index is 2.63. The number of carbonyl (C=O) groups is 1. The van der Waals surface area contributed by atoms with Gasteiger partial charge in [-0.15, -0.1) is 0 Å². The molecule has 0 radical (unpaired) electrons. The van der Waals surface area contributed by atoms with E-state index in [-0.39, 0.29) is 17.6 Å². The normalized spacial score (nSPS) is 12.2. The van der Waals surface area contributed by atoms with Crippen LogP contribution in [0.5, 0.6) is 0 Å². The highest BCUT2D eigenvalue weighted by Gasteiger charge is 2.12. The number of nitrogens with one attached hydrogen (secondary N) is 1. The molecular weight excluding hydrogens is 239 g/mol. The fraction of sp³-hybridized carbons (Fsp3) is 0.417. The molecule has 0 heterocycles. The van der Waals surface area contributed by atoms with E-state index in [1.807, 2.05) is 13.2 Å². The molecule has 1 aromatic carbocycles. The smallest absolute Gasteiger partial charge is 0.253 e. The number of hydrogen-bond acceptors (Lipinski definition) is 3. The predicted molar refractivity (Wildman–Crippen MR) is 70.7 cm³/mol. The molecule has 5 heteroatoms. The van der Waals surface area contributed by atoms with E-state index in [0.717, 1.165) is 18.2 Å². The number of rotatable bonds is 5. The minimum atomic E-state index is -0.436. The van der Waals surface area contributed by atoms with Crippen molar-refractivity contribution in [2.75, 3.05) is 17.7 Å². The van der Waals surface area contributed by atoms with Crippen molar-refractivity contribution in [2.24, 2.45) is 0 Å². The Hall–Kier alpha value is -1.23. The lowest BCUT2D eigenvalue weighted by atomic mass is 10.1. The van der Waals surface area contributed by atoms with Crippen molar-refractivity contribution in [1.29, 1.82) is 0 Å². The number of amides is 1. The van der Waals surface area contributed by atoms with Gasteiger partial charge in [0.25, 0.3) is 5.91 Å². The summed E-state index contributed by atoms with van der Waals surface area (Å²) in [7, 11) is 0. The summed E-state index contributed by atoms with van der Waals surface area (Å²) in [5.74, 6) is 0.297. The van der Waals surface area contributed by atoms with E-state index >= 15 is 0 Å². The zero-order chi connectivity index (χ0) is 12.8. The third kappa shape index (κ3) is 4.26. The molecule has 0 bridgehead atoms. The van der Waals surface area contributed by atoms with Crippen molar-refractivity contribution >= 4 is 23.4 Å². The second-order valence-electron chi connectivity index (χ2n) is 3.89. The van der Waals surface area contributed by atoms with Gasteiger partial charge in [0.05, 0.1) is 5.56 Å². The molecule has 1 aromatic rings. The first-order chi connectivity index (χ1) is 8.04. The lowest BCUT2D eigenvalue weighted by molar-refractivity contribution is 0.0940. The summed E-state index contributed by atoms with van der Waals surface area (Å²) in [4.78, 5) is 11.8. The number of thioether (sulfide) groups is 1. The average molecular weight is 256 g/mol. The van der Waals surface area contributed by atoms with Crippen LogP contribution in [0.3, 0.4) is 0 Å². The Morgan fingerprint density at radius 1 is 1.59 bits per heavy atom. The second kappa shape index (κ2) is 6.49. The van der Waals surface area contributed by atoms with Crippen molar-refractivity contribution < 1.29 is 9.18 Å². The number of nitrogen functional groups attached to an aromatic ring is 1. The zero-order valence-corrected chi connectivity index (χ0v) is 10.8. The maximum atomic E-state index is 12.8. The maximum Gasteiger partial charge on any atom is 0.253 e. The highest BCUT2D eigenvalue weighted by molar-refractivity contribution is 7.98. The molecule has 17 heavy (non-hydrogen) atoms. The number of anilines is 1. The van der Waals surface area contributed by atoms with Crippen LogP contribution in [0.1, 0.15) is 23.7 Å². The summed E-state index contributed by atoms with van der Waals surface area (Å²) in [5, 5.41) is 2.84. The number of carbonyl (C=O) groups excluding carboxylic acids is 1. The van der Waals surface area contributed by atoms with E-state index in [0.29, 0.717) is 5.56 Å². The first kappa shape index (κ1) is 13.8. The van der Waals surface area contributed by atoms with Crippen molar-refractivity contribution in [1.82, 2.24) is 5.32 Å². The third-order valence-corrected chi connectivity index (χ3v) is 3.03. The number of halogens is 1. The van der Waals surface area contributed by atoms with E-state index < -0.39 is 5.82 Å². The molecule has 1 rings (SSSR count). The Bertz CT molecular complexity index is 398. The van der Waals surface area contributed by atoms with Gasteiger partial charge in [0.2, 0.25) is 0 Å². The van der Waals surface area contributed by atoms with Gasteiger partial charge in [-0.05, 0) is 43.6 Å². The van der Waals surface area contributed by atoms with E-state index in [1.54, 1.807) is 11.8 Å². The molecule has 0 aliphatic rings. The fourth-order valence-electron chi connectivity index (χ4n) is 1.41. The van der Waals surface area contributed by atoms with Crippen LogP contribution in [0, 0.1) is 5.82 Å². The lowest BCUT2D eigenvalue weighted by Gasteiger charge is -2.14. The summed E-state index contributed by atoms with van der Waals surface area (Å²) in [5.41, 5.74) is 6.08. The molecular formula is C12H17FN2OS. The van der Waals surface area contributed by atoms with Gasteiger partial charge in [-0.3, -0.25) is 4.79 Å². The molecule has 0 spiro atoms. The molecule has 0 aromatic heterocycles. The monoisotopic (exact) mass is 256 g/mol. The Morgan fingerprint density at radius 3 is 2.88 bits per heavy atom. The van der Waals surface area contributed by atoms with Crippen LogP contribution in [0.15, 0.2) is 18.2 Å². The minimum Gasteiger partial charge on any atom is -0.398 e. The summed E-state index contributed by atoms with van der Waals surface area (Å²) in [6.45, 7) is 1.94. The Labute approximate surface area is 105 Å². The molecule has 0 aliphatic carbocycles. The molecule has 0 saturated carbocycles. The van der Waals surface area contributed by atoms with Crippen LogP contribution < -0.4 is 11.1 Å². The summed E-state index contributed by atoms with van der Waals surface area (Å²) >= 11 is 1.73. The maximum absolute atomic E-state index is 12.8. The molecule has 0 fully saturated rings. The van der Waals surface area contributed by atoms with Gasteiger partial charge in [0, 0.05) is 11.7 Å². The lowest BCUT2D eigenvalue weighted by Crippen LogP contribution is -2.33. The van der Waals surface area contributed by atoms with Crippen molar-refractivity contribution in [3.8, 4) is 0 Å². The fourth-order valence-corrected chi connectivity index (χ4v) is 2.00. The number of hydrogen-bond donors (Lipinski definition) is 2. The van der Waals surface area contributed by atoms with Gasteiger partial charge < -0.3 is 11.1 Å². The van der Waals surface area contributed by atoms with Crippen LogP contribution in [-0.2, 0) is 0 Å². The largest absolute Gasteiger partial charge is 0.398 e. The van der Waals surface area contributed by atoms with Gasteiger partial charge >= 0.3 is 0 Å². The summed E-state index contributed by atoms with van der Waals surface area (Å²) < 4.78 is 12.8. The van der Waals surface area contributed by atoms with Gasteiger partial charge in [-0.25, -0.2) is 4.39 Å². The van der Waals surface area contributed by atoms with Gasteiger partial charge in [-0.1, -0.05) is 0 Å². The first-order valence-electron chi connectivity index (χ1n) is 5.39. The van der Waals surface area contributed by atoms with Crippen molar-refractivity contribution in [2.45, 2.75) is 19.4 Å². The topological polar surface area (TPSA) is 55.1 Å². The Morgan fingerprint density at radius 2 is 2.29 bits per heavy atom. The van der Waals surface area contributed by atoms with Crippen LogP contribution in [0.4, 0.5) is 10.1 Å². The second-order valence-corrected chi connectivity index (χ2v) is 4.87. The average Bonchev–Trinajstić information content (AvgIpc) is 2.26. The van der Waals surface area contributed by atoms with Crippen LogP contribution >= 0.6 is 11.8 Å². The third-order valence-electron chi connectivity index (χ3n) is 2.39. The number of nitrogens with two attached hydrogens (primary N) is 1. The molecule has 1 atom stereocenters. The van der Waals surface area contributed by atoms with Crippen LogP contribution in [0.2, 0.25) is 0 Å². The highest BCUT2D eigenvalue weighted by Crippen LogP contribution is 2.13. The molecule has 3 N–H and O–H groups in total. The van der Waals surface area contributed by atoms with Gasteiger partial charge in [-0.2, -0.15) is 11.8 Å². The quantitative estimate of drug-likeness (QED) is 0.795. The van der Waals surface area contributed by atoms with E-state index in [4.69, 9.17) is 5.73 Å². The van der Waals surface area contributed by atoms with E-state index in [1.165, 1.54) is 12.1 Å². The Kier molecular flexibility index (Phi) is 5.28. The molecule has 0 saturated heterocycles. The number of benzene rings is 1. The van der Waals surface area contributed by atoms with Crippen LogP contribution in [0.25, 0.3) is 0 Å². The van der Waals surface area contributed by atoms with E-state index in [9.17, 15) is 9.18 Å². The molecule has 1 amide bonds. The molecule has 0 aliphatic heterocycles. The summed E-state index contributed by atoms with van der Waals surface area (Å²) in [6.07, 6.45) is 2.92. The first-order valence-corrected chi connectivity index (χ1v) is 6.78. The molecule has 94 valence electrons. The highest BCUT2D eigenvalue weighted by atomic mass is 32.2. The van der Waals surface area contributed by atoms with Gasteiger partial charge in [0.15, 0.2) is 0 Å². The molecule has 3 nitrogen and oxygen atoms in total. The van der Waals surface area contributed by atoms with Crippen molar-refractivity contribution in [3.05, 3.63) is 29.6 Å². The standard InChI is InChI=1S/C12H17FN2OS/c1-8(5-6-17-2)15-12(16)10-4-3-9(13)7-11(10)14/h3-4,7-8H,5-6,14H2,1-2H3,(H,15,16). The minimum absolute atomic E-state index is 0.0828. The van der Waals surface area contributed by atoms with E-state index in [2.05, 4.69) is 5.32 Å².